The fraction of sp³-hybridized carbons (Fsp3) is 0.467. The Kier molecular flexibility index (Phi) is 7.57. The van der Waals surface area contributed by atoms with Crippen molar-refractivity contribution >= 4 is 11.8 Å². The molecule has 4 heteroatoms. The third kappa shape index (κ3) is 6.63. The van der Waals surface area contributed by atoms with E-state index in [1.54, 1.807) is 11.8 Å². The average Bonchev–Trinajstić information content (AvgIpc) is 2.37. The van der Waals surface area contributed by atoms with Crippen molar-refractivity contribution in [1.82, 2.24) is 0 Å². The molecule has 0 heterocycles. The van der Waals surface area contributed by atoms with Gasteiger partial charge < -0.3 is 10.2 Å². The lowest BCUT2D eigenvalue weighted by atomic mass is 10.1. The quantitative estimate of drug-likeness (QED) is 0.788. The van der Waals surface area contributed by atoms with E-state index in [0.29, 0.717) is 23.0 Å². The SMILES string of the molecule is CC(CCO)SCc1cc(F)cc(C#CCCO)c1. The van der Waals surface area contributed by atoms with E-state index in [9.17, 15) is 4.39 Å². The minimum absolute atomic E-state index is 0.0176. The fourth-order valence-corrected chi connectivity index (χ4v) is 2.45. The molecule has 0 radical (unpaired) electrons. The molecule has 2 N–H and O–H groups in total. The average molecular weight is 282 g/mol. The molecule has 104 valence electrons. The van der Waals surface area contributed by atoms with Gasteiger partial charge in [-0.15, -0.1) is 0 Å². The number of hydrogen-bond acceptors (Lipinski definition) is 3. The lowest BCUT2D eigenvalue weighted by Gasteiger charge is -2.09. The van der Waals surface area contributed by atoms with Crippen LogP contribution < -0.4 is 0 Å². The summed E-state index contributed by atoms with van der Waals surface area (Å²) in [5.74, 6) is 6.04. The molecule has 0 amide bonds. The number of aliphatic hydroxyl groups excluding tert-OH is 2. The van der Waals surface area contributed by atoms with E-state index in [0.717, 1.165) is 12.0 Å². The number of hydrogen-bond donors (Lipinski definition) is 2. The Bertz CT molecular complexity index is 451. The van der Waals surface area contributed by atoms with Crippen molar-refractivity contribution in [3.63, 3.8) is 0 Å². The summed E-state index contributed by atoms with van der Waals surface area (Å²) in [7, 11) is 0. The molecule has 0 aromatic heterocycles. The summed E-state index contributed by atoms with van der Waals surface area (Å²) in [6.07, 6.45) is 1.14. The monoisotopic (exact) mass is 282 g/mol. The number of aliphatic hydroxyl groups is 2. The lowest BCUT2D eigenvalue weighted by Crippen LogP contribution is -2.00. The number of thioether (sulfide) groups is 1. The molecule has 0 aliphatic heterocycles. The first-order valence-electron chi connectivity index (χ1n) is 6.27. The zero-order valence-corrected chi connectivity index (χ0v) is 11.8. The minimum atomic E-state index is -0.291. The number of halogens is 1. The normalized spacial score (nSPS) is 11.8. The molecular formula is C15H19FO2S. The molecular weight excluding hydrogens is 263 g/mol. The molecule has 19 heavy (non-hydrogen) atoms. The molecule has 0 aliphatic rings. The Morgan fingerprint density at radius 3 is 2.74 bits per heavy atom. The molecule has 0 saturated carbocycles. The summed E-state index contributed by atoms with van der Waals surface area (Å²) in [5.41, 5.74) is 1.53. The number of rotatable bonds is 6. The molecule has 0 saturated heterocycles. The Hall–Kier alpha value is -1.02. The summed E-state index contributed by atoms with van der Waals surface area (Å²) in [4.78, 5) is 0. The highest BCUT2D eigenvalue weighted by Crippen LogP contribution is 2.21. The summed E-state index contributed by atoms with van der Waals surface area (Å²) in [6.45, 7) is 2.24. The maximum absolute atomic E-state index is 13.4. The van der Waals surface area contributed by atoms with E-state index in [-0.39, 0.29) is 19.0 Å². The van der Waals surface area contributed by atoms with Crippen LogP contribution in [-0.4, -0.2) is 28.7 Å². The Balaban J connectivity index is 2.66. The summed E-state index contributed by atoms with van der Waals surface area (Å²) >= 11 is 1.68. The molecule has 0 aliphatic carbocycles. The van der Waals surface area contributed by atoms with Gasteiger partial charge >= 0.3 is 0 Å². The van der Waals surface area contributed by atoms with E-state index >= 15 is 0 Å². The summed E-state index contributed by atoms with van der Waals surface area (Å²) in [6, 6.07) is 4.78. The summed E-state index contributed by atoms with van der Waals surface area (Å²) in [5, 5.41) is 17.8. The Labute approximate surface area is 118 Å². The second-order valence-corrected chi connectivity index (χ2v) is 5.68. The van der Waals surface area contributed by atoms with Gasteiger partial charge in [0, 0.05) is 29.6 Å². The van der Waals surface area contributed by atoms with Crippen LogP contribution in [0.1, 0.15) is 30.9 Å². The van der Waals surface area contributed by atoms with Gasteiger partial charge in [0.15, 0.2) is 0 Å². The van der Waals surface area contributed by atoms with Crippen molar-refractivity contribution < 1.29 is 14.6 Å². The highest BCUT2D eigenvalue weighted by Gasteiger charge is 2.04. The van der Waals surface area contributed by atoms with Crippen LogP contribution in [0.4, 0.5) is 4.39 Å². The Morgan fingerprint density at radius 1 is 1.26 bits per heavy atom. The van der Waals surface area contributed by atoms with Gasteiger partial charge in [0.2, 0.25) is 0 Å². The zero-order chi connectivity index (χ0) is 14.1. The minimum Gasteiger partial charge on any atom is -0.396 e. The Morgan fingerprint density at radius 2 is 2.05 bits per heavy atom. The fourth-order valence-electron chi connectivity index (χ4n) is 1.53. The van der Waals surface area contributed by atoms with E-state index < -0.39 is 0 Å². The topological polar surface area (TPSA) is 40.5 Å². The van der Waals surface area contributed by atoms with Gasteiger partial charge in [-0.1, -0.05) is 18.8 Å². The molecule has 1 unspecified atom stereocenters. The van der Waals surface area contributed by atoms with Gasteiger partial charge in [0.05, 0.1) is 6.61 Å². The van der Waals surface area contributed by atoms with Crippen LogP contribution in [0.3, 0.4) is 0 Å². The molecule has 0 spiro atoms. The van der Waals surface area contributed by atoms with Crippen LogP contribution in [0.15, 0.2) is 18.2 Å². The van der Waals surface area contributed by atoms with E-state index in [4.69, 9.17) is 10.2 Å². The standard InChI is InChI=1S/C15H19FO2S/c1-12(5-7-18)19-11-14-8-13(4-2-3-6-17)9-15(16)10-14/h8-10,12,17-18H,3,5-7,11H2,1H3. The second kappa shape index (κ2) is 8.98. The van der Waals surface area contributed by atoms with Crippen LogP contribution in [0, 0.1) is 17.7 Å². The first-order valence-corrected chi connectivity index (χ1v) is 7.32. The van der Waals surface area contributed by atoms with Gasteiger partial charge in [-0.05, 0) is 30.2 Å². The first kappa shape index (κ1) is 16.0. The van der Waals surface area contributed by atoms with Crippen molar-refractivity contribution in [3.8, 4) is 11.8 Å². The molecule has 1 atom stereocenters. The van der Waals surface area contributed by atoms with Crippen LogP contribution in [0.25, 0.3) is 0 Å². The molecule has 0 bridgehead atoms. The molecule has 2 nitrogen and oxygen atoms in total. The zero-order valence-electron chi connectivity index (χ0n) is 11.0. The van der Waals surface area contributed by atoms with E-state index in [1.165, 1.54) is 12.1 Å². The lowest BCUT2D eigenvalue weighted by molar-refractivity contribution is 0.289. The third-order valence-corrected chi connectivity index (χ3v) is 3.80. The van der Waals surface area contributed by atoms with Gasteiger partial charge in [0.25, 0.3) is 0 Å². The molecule has 1 rings (SSSR count). The van der Waals surface area contributed by atoms with Crippen molar-refractivity contribution in [2.75, 3.05) is 13.2 Å². The molecule has 1 aromatic carbocycles. The van der Waals surface area contributed by atoms with Crippen LogP contribution in [0.5, 0.6) is 0 Å². The van der Waals surface area contributed by atoms with Crippen molar-refractivity contribution in [2.45, 2.75) is 30.8 Å². The van der Waals surface area contributed by atoms with Gasteiger partial charge in [-0.2, -0.15) is 11.8 Å². The molecule has 1 aromatic rings. The van der Waals surface area contributed by atoms with Gasteiger partial charge in [0.1, 0.15) is 5.82 Å². The van der Waals surface area contributed by atoms with Crippen molar-refractivity contribution in [3.05, 3.63) is 35.1 Å². The third-order valence-electron chi connectivity index (χ3n) is 2.50. The highest BCUT2D eigenvalue weighted by molar-refractivity contribution is 7.99. The van der Waals surface area contributed by atoms with Crippen LogP contribution in [0.2, 0.25) is 0 Å². The van der Waals surface area contributed by atoms with Crippen LogP contribution in [-0.2, 0) is 5.75 Å². The largest absolute Gasteiger partial charge is 0.396 e. The smallest absolute Gasteiger partial charge is 0.124 e. The van der Waals surface area contributed by atoms with Crippen molar-refractivity contribution in [1.29, 1.82) is 0 Å². The predicted octanol–water partition coefficient (Wildman–Crippen LogP) is 2.56. The maximum atomic E-state index is 13.4. The van der Waals surface area contributed by atoms with Crippen LogP contribution >= 0.6 is 11.8 Å². The maximum Gasteiger partial charge on any atom is 0.124 e. The predicted molar refractivity (Wildman–Crippen MR) is 77.4 cm³/mol. The molecule has 0 fully saturated rings. The van der Waals surface area contributed by atoms with Gasteiger partial charge in [-0.25, -0.2) is 4.39 Å². The summed E-state index contributed by atoms with van der Waals surface area (Å²) < 4.78 is 13.4. The number of benzene rings is 1. The van der Waals surface area contributed by atoms with Gasteiger partial charge in [-0.3, -0.25) is 0 Å². The second-order valence-electron chi connectivity index (χ2n) is 4.26. The first-order chi connectivity index (χ1) is 9.15. The van der Waals surface area contributed by atoms with E-state index in [1.807, 2.05) is 13.0 Å². The van der Waals surface area contributed by atoms with Crippen molar-refractivity contribution in [2.24, 2.45) is 0 Å². The highest BCUT2D eigenvalue weighted by atomic mass is 32.2. The van der Waals surface area contributed by atoms with E-state index in [2.05, 4.69) is 11.8 Å².